The number of hydrogen-bond donors (Lipinski definition) is 3. The Bertz CT molecular complexity index is 446. The summed E-state index contributed by atoms with van der Waals surface area (Å²) < 4.78 is 0. The van der Waals surface area contributed by atoms with Crippen molar-refractivity contribution in [1.29, 1.82) is 0 Å². The van der Waals surface area contributed by atoms with Gasteiger partial charge in [-0.2, -0.15) is 0 Å². The summed E-state index contributed by atoms with van der Waals surface area (Å²) in [6.07, 6.45) is 6.31. The molecular formula is C13H17N3O. The minimum Gasteiger partial charge on any atom is -0.397 e. The number of hydrogen-bond acceptors (Lipinski definition) is 3. The standard InChI is InChI=1S/C13H17N3O/c1-15-13(17)9-6-7-11(14)12(8-9)16-10-4-2-3-5-10/h2-3,6-8,10,16H,4-5,14H2,1H3,(H,15,17). The van der Waals surface area contributed by atoms with Gasteiger partial charge in [-0.05, 0) is 31.0 Å². The average molecular weight is 231 g/mol. The highest BCUT2D eigenvalue weighted by molar-refractivity contribution is 5.96. The number of anilines is 2. The molecule has 1 aliphatic rings. The van der Waals surface area contributed by atoms with Crippen LogP contribution in [0.3, 0.4) is 0 Å². The first kappa shape index (κ1) is 11.5. The first-order valence-electron chi connectivity index (χ1n) is 5.74. The Morgan fingerprint density at radius 2 is 2.06 bits per heavy atom. The summed E-state index contributed by atoms with van der Waals surface area (Å²) in [6.45, 7) is 0. The molecular weight excluding hydrogens is 214 g/mol. The second-order valence-electron chi connectivity index (χ2n) is 4.17. The van der Waals surface area contributed by atoms with Gasteiger partial charge in [-0.25, -0.2) is 0 Å². The lowest BCUT2D eigenvalue weighted by atomic mass is 10.1. The van der Waals surface area contributed by atoms with Crippen LogP contribution in [0.1, 0.15) is 23.2 Å². The van der Waals surface area contributed by atoms with Gasteiger partial charge in [0.1, 0.15) is 0 Å². The zero-order chi connectivity index (χ0) is 12.3. The van der Waals surface area contributed by atoms with Crippen LogP contribution in [0.2, 0.25) is 0 Å². The highest BCUT2D eigenvalue weighted by Crippen LogP contribution is 2.24. The normalized spacial score (nSPS) is 14.9. The van der Waals surface area contributed by atoms with Gasteiger partial charge < -0.3 is 16.4 Å². The van der Waals surface area contributed by atoms with Crippen molar-refractivity contribution in [3.8, 4) is 0 Å². The van der Waals surface area contributed by atoms with Gasteiger partial charge >= 0.3 is 0 Å². The van der Waals surface area contributed by atoms with Gasteiger partial charge in [-0.15, -0.1) is 0 Å². The van der Waals surface area contributed by atoms with E-state index in [2.05, 4.69) is 22.8 Å². The summed E-state index contributed by atoms with van der Waals surface area (Å²) in [5.41, 5.74) is 8.02. The van der Waals surface area contributed by atoms with E-state index in [0.29, 0.717) is 17.3 Å². The molecule has 0 heterocycles. The van der Waals surface area contributed by atoms with Crippen LogP contribution in [0.4, 0.5) is 11.4 Å². The number of carbonyl (C=O) groups excluding carboxylic acids is 1. The molecule has 4 heteroatoms. The molecule has 0 saturated carbocycles. The topological polar surface area (TPSA) is 67.2 Å². The maximum Gasteiger partial charge on any atom is 0.251 e. The molecule has 0 saturated heterocycles. The van der Waals surface area contributed by atoms with Crippen LogP contribution in [-0.4, -0.2) is 19.0 Å². The molecule has 0 aromatic heterocycles. The predicted octanol–water partition coefficient (Wildman–Crippen LogP) is 1.76. The van der Waals surface area contributed by atoms with Crippen molar-refractivity contribution in [1.82, 2.24) is 5.32 Å². The lowest BCUT2D eigenvalue weighted by Crippen LogP contribution is -2.20. The number of carbonyl (C=O) groups is 1. The zero-order valence-corrected chi connectivity index (χ0v) is 9.86. The summed E-state index contributed by atoms with van der Waals surface area (Å²) in [7, 11) is 1.62. The SMILES string of the molecule is CNC(=O)c1ccc(N)c(NC2CC=CC2)c1. The van der Waals surface area contributed by atoms with Gasteiger partial charge in [0.2, 0.25) is 0 Å². The average Bonchev–Trinajstić information content (AvgIpc) is 2.84. The third kappa shape index (κ3) is 2.58. The summed E-state index contributed by atoms with van der Waals surface area (Å²) in [5.74, 6) is -0.0994. The molecule has 4 nitrogen and oxygen atoms in total. The van der Waals surface area contributed by atoms with Crippen molar-refractivity contribution in [3.63, 3.8) is 0 Å². The Morgan fingerprint density at radius 1 is 1.35 bits per heavy atom. The summed E-state index contributed by atoms with van der Waals surface area (Å²) in [5, 5.41) is 5.96. The fourth-order valence-corrected chi connectivity index (χ4v) is 1.92. The molecule has 1 amide bonds. The number of nitrogen functional groups attached to an aromatic ring is 1. The van der Waals surface area contributed by atoms with Gasteiger partial charge in [0, 0.05) is 18.7 Å². The maximum atomic E-state index is 11.5. The highest BCUT2D eigenvalue weighted by Gasteiger charge is 2.12. The van der Waals surface area contributed by atoms with Gasteiger partial charge in [0.15, 0.2) is 0 Å². The second kappa shape index (κ2) is 4.91. The van der Waals surface area contributed by atoms with Crippen LogP contribution in [0.5, 0.6) is 0 Å². The molecule has 0 unspecified atom stereocenters. The number of benzene rings is 1. The van der Waals surface area contributed by atoms with Crippen molar-refractivity contribution in [3.05, 3.63) is 35.9 Å². The van der Waals surface area contributed by atoms with E-state index >= 15 is 0 Å². The Kier molecular flexibility index (Phi) is 3.32. The summed E-state index contributed by atoms with van der Waals surface area (Å²) in [6, 6.07) is 5.67. The Hall–Kier alpha value is -1.97. The molecule has 1 aromatic rings. The van der Waals surface area contributed by atoms with E-state index in [1.165, 1.54) is 0 Å². The molecule has 0 spiro atoms. The monoisotopic (exact) mass is 231 g/mol. The fourth-order valence-electron chi connectivity index (χ4n) is 1.92. The molecule has 0 radical (unpaired) electrons. The van der Waals surface area contributed by atoms with E-state index < -0.39 is 0 Å². The van der Waals surface area contributed by atoms with E-state index in [-0.39, 0.29) is 5.91 Å². The first-order valence-corrected chi connectivity index (χ1v) is 5.74. The number of nitrogens with one attached hydrogen (secondary N) is 2. The van der Waals surface area contributed by atoms with Gasteiger partial charge in [0.05, 0.1) is 11.4 Å². The summed E-state index contributed by atoms with van der Waals surface area (Å²) >= 11 is 0. The smallest absolute Gasteiger partial charge is 0.251 e. The first-order chi connectivity index (χ1) is 8.20. The van der Waals surface area contributed by atoms with Crippen LogP contribution in [0.25, 0.3) is 0 Å². The van der Waals surface area contributed by atoms with Gasteiger partial charge in [-0.3, -0.25) is 4.79 Å². The third-order valence-electron chi connectivity index (χ3n) is 2.91. The van der Waals surface area contributed by atoms with Crippen LogP contribution < -0.4 is 16.4 Å². The van der Waals surface area contributed by atoms with Crippen molar-refractivity contribution < 1.29 is 4.79 Å². The van der Waals surface area contributed by atoms with Crippen LogP contribution in [0.15, 0.2) is 30.4 Å². The molecule has 17 heavy (non-hydrogen) atoms. The highest BCUT2D eigenvalue weighted by atomic mass is 16.1. The number of nitrogens with two attached hydrogens (primary N) is 1. The lowest BCUT2D eigenvalue weighted by molar-refractivity contribution is 0.0963. The van der Waals surface area contributed by atoms with Crippen LogP contribution in [-0.2, 0) is 0 Å². The number of rotatable bonds is 3. The summed E-state index contributed by atoms with van der Waals surface area (Å²) in [4.78, 5) is 11.5. The van der Waals surface area contributed by atoms with E-state index in [4.69, 9.17) is 5.73 Å². The molecule has 90 valence electrons. The molecule has 0 aliphatic heterocycles. The molecule has 0 fully saturated rings. The maximum absolute atomic E-state index is 11.5. The second-order valence-corrected chi connectivity index (χ2v) is 4.17. The van der Waals surface area contributed by atoms with Gasteiger partial charge in [0.25, 0.3) is 5.91 Å². The molecule has 0 bridgehead atoms. The molecule has 2 rings (SSSR count). The zero-order valence-electron chi connectivity index (χ0n) is 9.86. The van der Waals surface area contributed by atoms with E-state index in [1.54, 1.807) is 25.2 Å². The molecule has 1 aromatic carbocycles. The fraction of sp³-hybridized carbons (Fsp3) is 0.308. The Morgan fingerprint density at radius 3 is 2.71 bits per heavy atom. The Balaban J connectivity index is 2.17. The van der Waals surface area contributed by atoms with Crippen molar-refractivity contribution >= 4 is 17.3 Å². The quantitative estimate of drug-likeness (QED) is 0.548. The predicted molar refractivity (Wildman–Crippen MR) is 70.0 cm³/mol. The lowest BCUT2D eigenvalue weighted by Gasteiger charge is -2.16. The minimum absolute atomic E-state index is 0.0994. The van der Waals surface area contributed by atoms with Crippen LogP contribution in [0, 0.1) is 0 Å². The van der Waals surface area contributed by atoms with Crippen molar-refractivity contribution in [2.75, 3.05) is 18.1 Å². The molecule has 0 atom stereocenters. The minimum atomic E-state index is -0.0994. The largest absolute Gasteiger partial charge is 0.397 e. The van der Waals surface area contributed by atoms with E-state index in [1.807, 2.05) is 0 Å². The van der Waals surface area contributed by atoms with E-state index in [9.17, 15) is 4.79 Å². The Labute approximate surface area is 101 Å². The molecule has 4 N–H and O–H groups in total. The number of amides is 1. The third-order valence-corrected chi connectivity index (χ3v) is 2.91. The molecule has 1 aliphatic carbocycles. The van der Waals surface area contributed by atoms with Crippen LogP contribution >= 0.6 is 0 Å². The van der Waals surface area contributed by atoms with Crippen molar-refractivity contribution in [2.24, 2.45) is 0 Å². The van der Waals surface area contributed by atoms with Gasteiger partial charge in [-0.1, -0.05) is 12.2 Å². The van der Waals surface area contributed by atoms with Crippen molar-refractivity contribution in [2.45, 2.75) is 18.9 Å². The van der Waals surface area contributed by atoms with E-state index in [0.717, 1.165) is 18.5 Å².